The predicted octanol–water partition coefficient (Wildman–Crippen LogP) is 2.79. The number of rotatable bonds is 5. The van der Waals surface area contributed by atoms with E-state index < -0.39 is 0 Å². The van der Waals surface area contributed by atoms with Crippen molar-refractivity contribution in [1.82, 2.24) is 14.7 Å². The van der Waals surface area contributed by atoms with Gasteiger partial charge in [-0.1, -0.05) is 18.2 Å². The van der Waals surface area contributed by atoms with Crippen LogP contribution in [0.25, 0.3) is 0 Å². The number of nitrogens with zero attached hydrogens (tertiary/aromatic N) is 3. The van der Waals surface area contributed by atoms with Gasteiger partial charge >= 0.3 is 0 Å². The summed E-state index contributed by atoms with van der Waals surface area (Å²) in [5.74, 6) is 0.293. The van der Waals surface area contributed by atoms with Gasteiger partial charge in [0.15, 0.2) is 0 Å². The number of hydrogen-bond acceptors (Lipinski definition) is 2. The first kappa shape index (κ1) is 14.1. The van der Waals surface area contributed by atoms with Crippen LogP contribution >= 0.6 is 0 Å². The van der Waals surface area contributed by atoms with Crippen LogP contribution in [0.1, 0.15) is 32.6 Å². The van der Waals surface area contributed by atoms with Crippen molar-refractivity contribution >= 4 is 5.91 Å². The smallest absolute Gasteiger partial charge is 0.231 e. The molecule has 0 saturated heterocycles. The van der Waals surface area contributed by atoms with Crippen LogP contribution in [0.2, 0.25) is 0 Å². The molecule has 1 fully saturated rings. The van der Waals surface area contributed by atoms with Gasteiger partial charge in [0.2, 0.25) is 5.91 Å². The zero-order chi connectivity index (χ0) is 14.9. The first-order valence-electron chi connectivity index (χ1n) is 7.74. The second kappa shape index (κ2) is 5.51. The van der Waals surface area contributed by atoms with Crippen LogP contribution in [0.5, 0.6) is 0 Å². The van der Waals surface area contributed by atoms with Gasteiger partial charge in [0, 0.05) is 24.5 Å². The predicted molar refractivity (Wildman–Crippen MR) is 82.6 cm³/mol. The molecule has 1 aromatic heterocycles. The van der Waals surface area contributed by atoms with Gasteiger partial charge in [-0.2, -0.15) is 5.10 Å². The average Bonchev–Trinajstić information content (AvgIpc) is 3.06. The van der Waals surface area contributed by atoms with Crippen molar-refractivity contribution in [3.05, 3.63) is 43.3 Å². The lowest BCUT2D eigenvalue weighted by Crippen LogP contribution is -2.50. The Balaban J connectivity index is 1.79. The third kappa shape index (κ3) is 2.67. The standard InChI is InChI=1S/C17H23N3O/c1-3-6-15-8-4-7-14(2)20(15)16(21)17(9-10-17)13-19-12-5-11-18-19/h3-5,7,11-12,14-15H,1,6,8-10,13H2,2H3/t14-,15-/m1/s1. The maximum absolute atomic E-state index is 13.1. The summed E-state index contributed by atoms with van der Waals surface area (Å²) in [6.07, 6.45) is 13.7. The molecule has 1 amide bonds. The Morgan fingerprint density at radius 3 is 2.95 bits per heavy atom. The van der Waals surface area contributed by atoms with Crippen molar-refractivity contribution in [3.8, 4) is 0 Å². The van der Waals surface area contributed by atoms with Gasteiger partial charge in [-0.25, -0.2) is 0 Å². The molecule has 1 aliphatic carbocycles. The van der Waals surface area contributed by atoms with E-state index in [0.29, 0.717) is 12.5 Å². The molecule has 3 rings (SSSR count). The normalized spacial score (nSPS) is 26.6. The summed E-state index contributed by atoms with van der Waals surface area (Å²) in [7, 11) is 0. The van der Waals surface area contributed by atoms with Crippen LogP contribution in [-0.2, 0) is 11.3 Å². The highest BCUT2D eigenvalue weighted by atomic mass is 16.2. The van der Waals surface area contributed by atoms with E-state index >= 15 is 0 Å². The molecule has 112 valence electrons. The van der Waals surface area contributed by atoms with E-state index in [1.807, 2.05) is 23.0 Å². The molecule has 1 aliphatic heterocycles. The highest BCUT2D eigenvalue weighted by Crippen LogP contribution is 2.49. The van der Waals surface area contributed by atoms with Crippen molar-refractivity contribution in [2.24, 2.45) is 5.41 Å². The maximum atomic E-state index is 13.1. The van der Waals surface area contributed by atoms with Crippen molar-refractivity contribution in [3.63, 3.8) is 0 Å². The summed E-state index contributed by atoms with van der Waals surface area (Å²) in [5, 5.41) is 4.26. The second-order valence-corrected chi connectivity index (χ2v) is 6.28. The van der Waals surface area contributed by atoms with E-state index in [4.69, 9.17) is 0 Å². The molecule has 21 heavy (non-hydrogen) atoms. The lowest BCUT2D eigenvalue weighted by atomic mass is 9.95. The topological polar surface area (TPSA) is 38.1 Å². The Bertz CT molecular complexity index is 542. The largest absolute Gasteiger partial charge is 0.332 e. The monoisotopic (exact) mass is 285 g/mol. The zero-order valence-electron chi connectivity index (χ0n) is 12.6. The fourth-order valence-electron chi connectivity index (χ4n) is 3.29. The Hall–Kier alpha value is -1.84. The van der Waals surface area contributed by atoms with Crippen LogP contribution in [0.3, 0.4) is 0 Å². The molecule has 0 unspecified atom stereocenters. The Morgan fingerprint density at radius 1 is 1.52 bits per heavy atom. The lowest BCUT2D eigenvalue weighted by molar-refractivity contribution is -0.141. The molecule has 4 nitrogen and oxygen atoms in total. The van der Waals surface area contributed by atoms with E-state index in [-0.39, 0.29) is 17.5 Å². The summed E-state index contributed by atoms with van der Waals surface area (Å²) >= 11 is 0. The quantitative estimate of drug-likeness (QED) is 0.780. The molecular formula is C17H23N3O. The summed E-state index contributed by atoms with van der Waals surface area (Å²) in [4.78, 5) is 15.2. The van der Waals surface area contributed by atoms with Gasteiger partial charge in [-0.05, 0) is 38.7 Å². The second-order valence-electron chi connectivity index (χ2n) is 6.28. The molecule has 1 saturated carbocycles. The summed E-state index contributed by atoms with van der Waals surface area (Å²) in [6.45, 7) is 6.64. The third-order valence-corrected chi connectivity index (χ3v) is 4.66. The van der Waals surface area contributed by atoms with Crippen molar-refractivity contribution in [1.29, 1.82) is 0 Å². The van der Waals surface area contributed by atoms with E-state index in [1.165, 1.54) is 0 Å². The fraction of sp³-hybridized carbons (Fsp3) is 0.529. The van der Waals surface area contributed by atoms with Gasteiger partial charge in [0.05, 0.1) is 12.0 Å². The molecular weight excluding hydrogens is 262 g/mol. The van der Waals surface area contributed by atoms with E-state index in [2.05, 4.69) is 35.7 Å². The van der Waals surface area contributed by atoms with Gasteiger partial charge in [-0.3, -0.25) is 9.48 Å². The minimum atomic E-state index is -0.231. The first-order chi connectivity index (χ1) is 10.2. The minimum absolute atomic E-state index is 0.172. The molecule has 0 radical (unpaired) electrons. The van der Waals surface area contributed by atoms with E-state index in [0.717, 1.165) is 25.7 Å². The Kier molecular flexibility index (Phi) is 3.70. The van der Waals surface area contributed by atoms with Crippen LogP contribution in [0.15, 0.2) is 43.3 Å². The first-order valence-corrected chi connectivity index (χ1v) is 7.74. The third-order valence-electron chi connectivity index (χ3n) is 4.66. The fourth-order valence-corrected chi connectivity index (χ4v) is 3.29. The SMILES string of the molecule is C=CC[C@@H]1CC=C[C@@H](C)N1C(=O)C1(Cn2cccn2)CC1. The summed E-state index contributed by atoms with van der Waals surface area (Å²) in [5.41, 5.74) is -0.231. The van der Waals surface area contributed by atoms with Gasteiger partial charge in [0.1, 0.15) is 0 Å². The zero-order valence-corrected chi connectivity index (χ0v) is 12.6. The van der Waals surface area contributed by atoms with Crippen molar-refractivity contribution < 1.29 is 4.79 Å². The number of aromatic nitrogens is 2. The lowest BCUT2D eigenvalue weighted by Gasteiger charge is -2.39. The van der Waals surface area contributed by atoms with Gasteiger partial charge < -0.3 is 4.90 Å². The molecule has 2 atom stereocenters. The number of carbonyl (C=O) groups excluding carboxylic acids is 1. The molecule has 0 aromatic carbocycles. The molecule has 0 N–H and O–H groups in total. The van der Waals surface area contributed by atoms with Crippen LogP contribution < -0.4 is 0 Å². The van der Waals surface area contributed by atoms with Crippen LogP contribution in [0, 0.1) is 5.41 Å². The van der Waals surface area contributed by atoms with Crippen LogP contribution in [0.4, 0.5) is 0 Å². The Labute approximate surface area is 126 Å². The number of carbonyl (C=O) groups is 1. The van der Waals surface area contributed by atoms with Gasteiger partial charge in [0.25, 0.3) is 0 Å². The average molecular weight is 285 g/mol. The molecule has 4 heteroatoms. The Morgan fingerprint density at radius 2 is 2.33 bits per heavy atom. The number of hydrogen-bond donors (Lipinski definition) is 0. The van der Waals surface area contributed by atoms with Crippen LogP contribution in [-0.4, -0.2) is 32.7 Å². The molecule has 2 heterocycles. The highest BCUT2D eigenvalue weighted by Gasteiger charge is 2.53. The van der Waals surface area contributed by atoms with Gasteiger partial charge in [-0.15, -0.1) is 6.58 Å². The molecule has 0 bridgehead atoms. The molecule has 0 spiro atoms. The minimum Gasteiger partial charge on any atom is -0.332 e. The maximum Gasteiger partial charge on any atom is 0.231 e. The van der Waals surface area contributed by atoms with Crippen molar-refractivity contribution in [2.75, 3.05) is 0 Å². The van der Waals surface area contributed by atoms with E-state index in [1.54, 1.807) is 6.20 Å². The highest BCUT2D eigenvalue weighted by molar-refractivity contribution is 5.86. The van der Waals surface area contributed by atoms with Crippen molar-refractivity contribution in [2.45, 2.75) is 51.2 Å². The molecule has 2 aliphatic rings. The van der Waals surface area contributed by atoms with E-state index in [9.17, 15) is 4.79 Å². The summed E-state index contributed by atoms with van der Waals surface area (Å²) in [6, 6.07) is 2.34. The number of amides is 1. The summed E-state index contributed by atoms with van der Waals surface area (Å²) < 4.78 is 1.89. The molecule has 1 aromatic rings.